The van der Waals surface area contributed by atoms with Crippen LogP contribution in [-0.2, 0) is 15.1 Å². The maximum atomic E-state index is 12.9. The topological polar surface area (TPSA) is 64.7 Å². The van der Waals surface area contributed by atoms with Gasteiger partial charge in [0.15, 0.2) is 11.6 Å². The van der Waals surface area contributed by atoms with Crippen LogP contribution in [0.2, 0.25) is 5.02 Å². The minimum absolute atomic E-state index is 0.0117. The number of Topliss-reactive ketones (excluding diaryl/α,β-unsaturated/α-hetero) is 1. The molecule has 0 saturated heterocycles. The second-order valence-corrected chi connectivity index (χ2v) is 7.43. The Labute approximate surface area is 145 Å². The number of nitrogens with zero attached hydrogens (tertiary/aromatic N) is 1. The van der Waals surface area contributed by atoms with E-state index in [0.717, 1.165) is 30.6 Å². The smallest absolute Gasteiger partial charge is 0.205 e. The predicted octanol–water partition coefficient (Wildman–Crippen LogP) is 3.17. The summed E-state index contributed by atoms with van der Waals surface area (Å²) in [5.74, 6) is 1.45. The summed E-state index contributed by atoms with van der Waals surface area (Å²) in [5.41, 5.74) is 6.09. The highest BCUT2D eigenvalue weighted by atomic mass is 35.5. The summed E-state index contributed by atoms with van der Waals surface area (Å²) in [6, 6.07) is 7.17. The molecule has 23 heavy (non-hydrogen) atoms. The minimum atomic E-state index is -0.925. The average Bonchev–Trinajstić information content (AvgIpc) is 2.53. The molecule has 1 heterocycles. The highest BCUT2D eigenvalue weighted by molar-refractivity contribution is 7.98. The standard InChI is InChI=1S/C17H21ClN2O2S/c1-23-10-8-13(19)16-20-17(11-5-2-3-6-12(11)18)9-4-7-14(22-16)15(17)21/h2-3,5-6,13-14H,4,7-10,19H2,1H3/t13-,14?,17?/m0/s1. The summed E-state index contributed by atoms with van der Waals surface area (Å²) < 4.78 is 5.84. The van der Waals surface area contributed by atoms with Gasteiger partial charge in [0.1, 0.15) is 0 Å². The van der Waals surface area contributed by atoms with E-state index in [4.69, 9.17) is 27.1 Å². The largest absolute Gasteiger partial charge is 0.468 e. The monoisotopic (exact) mass is 352 g/mol. The molecule has 2 aliphatic rings. The molecule has 0 aromatic heterocycles. The number of fused-ring (bicyclic) bond motifs is 2. The van der Waals surface area contributed by atoms with Crippen molar-refractivity contribution >= 4 is 35.0 Å². The molecule has 3 rings (SSSR count). The lowest BCUT2D eigenvalue weighted by Crippen LogP contribution is -2.54. The van der Waals surface area contributed by atoms with E-state index in [1.165, 1.54) is 0 Å². The second kappa shape index (κ2) is 6.83. The molecular formula is C17H21ClN2O2S. The van der Waals surface area contributed by atoms with E-state index in [2.05, 4.69) is 0 Å². The molecule has 2 N–H and O–H groups in total. The molecule has 0 amide bonds. The number of ketones is 1. The van der Waals surface area contributed by atoms with Gasteiger partial charge in [-0.25, -0.2) is 4.99 Å². The van der Waals surface area contributed by atoms with E-state index >= 15 is 0 Å². The molecular weight excluding hydrogens is 332 g/mol. The highest BCUT2D eigenvalue weighted by Crippen LogP contribution is 2.44. The number of ether oxygens (including phenoxy) is 1. The maximum Gasteiger partial charge on any atom is 0.205 e. The molecule has 4 nitrogen and oxygen atoms in total. The van der Waals surface area contributed by atoms with Gasteiger partial charge in [-0.1, -0.05) is 29.8 Å². The van der Waals surface area contributed by atoms with Crippen LogP contribution >= 0.6 is 23.4 Å². The molecule has 1 aliphatic carbocycles. The van der Waals surface area contributed by atoms with Gasteiger partial charge >= 0.3 is 0 Å². The third kappa shape index (κ3) is 3.02. The van der Waals surface area contributed by atoms with Gasteiger partial charge in [-0.05, 0) is 43.8 Å². The maximum absolute atomic E-state index is 12.9. The number of hydrogen-bond acceptors (Lipinski definition) is 5. The van der Waals surface area contributed by atoms with Crippen molar-refractivity contribution in [2.45, 2.75) is 43.4 Å². The summed E-state index contributed by atoms with van der Waals surface area (Å²) in [5, 5.41) is 0.573. The molecule has 1 aromatic carbocycles. The third-order valence-electron chi connectivity index (χ3n) is 4.54. The summed E-state index contributed by atoms with van der Waals surface area (Å²) in [4.78, 5) is 17.7. The van der Waals surface area contributed by atoms with Gasteiger partial charge in [0, 0.05) is 10.6 Å². The van der Waals surface area contributed by atoms with Crippen molar-refractivity contribution in [3.05, 3.63) is 34.9 Å². The number of benzene rings is 1. The number of nitrogens with two attached hydrogens (primary N) is 1. The first-order valence-corrected chi connectivity index (χ1v) is 9.66. The Hall–Kier alpha value is -1.04. The quantitative estimate of drug-likeness (QED) is 0.884. The molecule has 1 aliphatic heterocycles. The van der Waals surface area contributed by atoms with Crippen LogP contribution in [0.4, 0.5) is 0 Å². The number of carbonyl (C=O) groups is 1. The van der Waals surface area contributed by atoms with Crippen LogP contribution in [0.3, 0.4) is 0 Å². The van der Waals surface area contributed by atoms with E-state index in [-0.39, 0.29) is 11.8 Å². The number of rotatable bonds is 5. The second-order valence-electron chi connectivity index (χ2n) is 6.04. The Kier molecular flexibility index (Phi) is 4.99. The van der Waals surface area contributed by atoms with Crippen LogP contribution in [0.15, 0.2) is 29.3 Å². The SMILES string of the molecule is CSCC[C@H](N)C1=NC2(c3ccccc3Cl)CCCC(O1)C2=O. The normalized spacial score (nSPS) is 28.0. The Morgan fingerprint density at radius 1 is 1.52 bits per heavy atom. The first-order chi connectivity index (χ1) is 11.1. The van der Waals surface area contributed by atoms with Crippen molar-refractivity contribution in [3.63, 3.8) is 0 Å². The van der Waals surface area contributed by atoms with Crippen LogP contribution < -0.4 is 5.73 Å². The fraction of sp³-hybridized carbons (Fsp3) is 0.529. The zero-order valence-electron chi connectivity index (χ0n) is 13.1. The number of thioether (sulfide) groups is 1. The summed E-state index contributed by atoms with van der Waals surface area (Å²) in [7, 11) is 0. The van der Waals surface area contributed by atoms with Crippen LogP contribution in [0.25, 0.3) is 0 Å². The number of aliphatic imine (C=N–C) groups is 1. The Bertz CT molecular complexity index is 637. The molecule has 1 aromatic rings. The number of hydrogen-bond donors (Lipinski definition) is 1. The Morgan fingerprint density at radius 2 is 2.30 bits per heavy atom. The van der Waals surface area contributed by atoms with Crippen molar-refractivity contribution in [3.8, 4) is 0 Å². The highest BCUT2D eigenvalue weighted by Gasteiger charge is 2.52. The number of halogens is 1. The van der Waals surface area contributed by atoms with Gasteiger partial charge in [-0.15, -0.1) is 0 Å². The fourth-order valence-electron chi connectivity index (χ4n) is 3.31. The average molecular weight is 353 g/mol. The van der Waals surface area contributed by atoms with Gasteiger partial charge in [-0.2, -0.15) is 11.8 Å². The lowest BCUT2D eigenvalue weighted by atomic mass is 9.73. The molecule has 0 spiro atoms. The zero-order valence-corrected chi connectivity index (χ0v) is 14.7. The van der Waals surface area contributed by atoms with Crippen LogP contribution in [0, 0.1) is 0 Å². The molecule has 1 fully saturated rings. The number of carbonyl (C=O) groups excluding carboxylic acids is 1. The van der Waals surface area contributed by atoms with E-state index in [1.807, 2.05) is 24.5 Å². The molecule has 124 valence electrons. The molecule has 6 heteroatoms. The van der Waals surface area contributed by atoms with Crippen molar-refractivity contribution in [1.82, 2.24) is 0 Å². The predicted molar refractivity (Wildman–Crippen MR) is 95.3 cm³/mol. The summed E-state index contributed by atoms with van der Waals surface area (Å²) in [6.07, 6.45) is 4.64. The van der Waals surface area contributed by atoms with Gasteiger partial charge in [0.05, 0.1) is 6.04 Å². The van der Waals surface area contributed by atoms with Crippen molar-refractivity contribution in [2.75, 3.05) is 12.0 Å². The third-order valence-corrected chi connectivity index (χ3v) is 5.51. The lowest BCUT2D eigenvalue weighted by Gasteiger charge is -2.42. The van der Waals surface area contributed by atoms with Crippen molar-refractivity contribution < 1.29 is 9.53 Å². The van der Waals surface area contributed by atoms with Crippen molar-refractivity contribution in [1.29, 1.82) is 0 Å². The molecule has 2 unspecified atom stereocenters. The van der Waals surface area contributed by atoms with Crippen molar-refractivity contribution in [2.24, 2.45) is 10.7 Å². The van der Waals surface area contributed by atoms with E-state index in [1.54, 1.807) is 17.8 Å². The molecule has 2 bridgehead atoms. The first-order valence-electron chi connectivity index (χ1n) is 7.89. The molecule has 0 radical (unpaired) electrons. The lowest BCUT2D eigenvalue weighted by molar-refractivity contribution is -0.137. The van der Waals surface area contributed by atoms with E-state index in [9.17, 15) is 4.79 Å². The minimum Gasteiger partial charge on any atom is -0.468 e. The van der Waals surface area contributed by atoms with E-state index < -0.39 is 11.6 Å². The zero-order chi connectivity index (χ0) is 16.4. The molecule has 1 saturated carbocycles. The van der Waals surface area contributed by atoms with Crippen LogP contribution in [0.1, 0.15) is 31.2 Å². The van der Waals surface area contributed by atoms with Crippen LogP contribution in [-0.4, -0.2) is 35.8 Å². The first kappa shape index (κ1) is 16.8. The molecule has 3 atom stereocenters. The Morgan fingerprint density at radius 3 is 3.04 bits per heavy atom. The summed E-state index contributed by atoms with van der Waals surface area (Å²) >= 11 is 8.11. The fourth-order valence-corrected chi connectivity index (χ4v) is 4.09. The van der Waals surface area contributed by atoms with Gasteiger partial charge in [0.2, 0.25) is 11.7 Å². The summed E-state index contributed by atoms with van der Waals surface area (Å²) in [6.45, 7) is 0. The van der Waals surface area contributed by atoms with Gasteiger partial charge in [0.25, 0.3) is 0 Å². The Balaban J connectivity index is 2.04. The van der Waals surface area contributed by atoms with Gasteiger partial charge in [-0.3, -0.25) is 4.79 Å². The van der Waals surface area contributed by atoms with E-state index in [0.29, 0.717) is 17.3 Å². The van der Waals surface area contributed by atoms with Crippen LogP contribution in [0.5, 0.6) is 0 Å². The van der Waals surface area contributed by atoms with Gasteiger partial charge < -0.3 is 10.5 Å².